The van der Waals surface area contributed by atoms with Gasteiger partial charge < -0.3 is 20.1 Å². The Morgan fingerprint density at radius 3 is 2.58 bits per heavy atom. The Labute approximate surface area is 139 Å². The summed E-state index contributed by atoms with van der Waals surface area (Å²) in [5, 5.41) is 9.52. The van der Waals surface area contributed by atoms with E-state index in [2.05, 4.69) is 0 Å². The molecule has 5 heteroatoms. The summed E-state index contributed by atoms with van der Waals surface area (Å²) in [4.78, 5) is 11.9. The van der Waals surface area contributed by atoms with Gasteiger partial charge in [0, 0.05) is 36.0 Å². The minimum Gasteiger partial charge on any atom is -0.506 e. The van der Waals surface area contributed by atoms with Crippen LogP contribution in [0.1, 0.15) is 5.56 Å². The number of anilines is 1. The van der Waals surface area contributed by atoms with Gasteiger partial charge in [0.05, 0.1) is 5.69 Å². The standard InChI is InChI=1S/C19H18N2O3/c1-12-9-13(11-21(2)19(12)23)15-5-3-4-6-18(15)24-14-7-8-17(22)16(20)10-14/h3-11,22H,20H2,1-2H3. The van der Waals surface area contributed by atoms with E-state index in [1.807, 2.05) is 30.3 Å². The lowest BCUT2D eigenvalue weighted by Crippen LogP contribution is -2.18. The molecule has 2 aromatic carbocycles. The maximum Gasteiger partial charge on any atom is 0.253 e. The first kappa shape index (κ1) is 15.7. The van der Waals surface area contributed by atoms with Gasteiger partial charge in [-0.05, 0) is 31.2 Å². The lowest BCUT2D eigenvalue weighted by molar-refractivity contribution is 0.467. The van der Waals surface area contributed by atoms with Gasteiger partial charge in [-0.1, -0.05) is 18.2 Å². The van der Waals surface area contributed by atoms with E-state index in [1.54, 1.807) is 36.9 Å². The molecule has 0 aliphatic carbocycles. The summed E-state index contributed by atoms with van der Waals surface area (Å²) in [6, 6.07) is 14.1. The van der Waals surface area contributed by atoms with Crippen molar-refractivity contribution < 1.29 is 9.84 Å². The van der Waals surface area contributed by atoms with Crippen LogP contribution in [0.4, 0.5) is 5.69 Å². The third-order valence-electron chi connectivity index (χ3n) is 3.79. The summed E-state index contributed by atoms with van der Waals surface area (Å²) in [6.07, 6.45) is 1.78. The lowest BCUT2D eigenvalue weighted by Gasteiger charge is -2.13. The van der Waals surface area contributed by atoms with Crippen LogP contribution in [0, 0.1) is 6.92 Å². The minimum absolute atomic E-state index is 0.0179. The number of phenols is 1. The van der Waals surface area contributed by atoms with Crippen LogP contribution in [0.3, 0.4) is 0 Å². The van der Waals surface area contributed by atoms with Crippen molar-refractivity contribution in [3.8, 4) is 28.4 Å². The summed E-state index contributed by atoms with van der Waals surface area (Å²) in [7, 11) is 1.73. The zero-order valence-corrected chi connectivity index (χ0v) is 13.5. The smallest absolute Gasteiger partial charge is 0.253 e. The first-order valence-electron chi connectivity index (χ1n) is 7.49. The zero-order valence-electron chi connectivity index (χ0n) is 13.5. The highest BCUT2D eigenvalue weighted by Gasteiger charge is 2.10. The highest BCUT2D eigenvalue weighted by atomic mass is 16.5. The molecule has 122 valence electrons. The second-order valence-corrected chi connectivity index (χ2v) is 5.65. The SMILES string of the molecule is Cc1cc(-c2ccccc2Oc2ccc(O)c(N)c2)cn(C)c1=O. The Hall–Kier alpha value is -3.21. The van der Waals surface area contributed by atoms with Crippen molar-refractivity contribution in [3.05, 3.63) is 70.6 Å². The van der Waals surface area contributed by atoms with Gasteiger partial charge in [-0.15, -0.1) is 0 Å². The van der Waals surface area contributed by atoms with Crippen molar-refractivity contribution in [2.45, 2.75) is 6.92 Å². The third-order valence-corrected chi connectivity index (χ3v) is 3.79. The fourth-order valence-corrected chi connectivity index (χ4v) is 2.54. The molecule has 0 fully saturated rings. The molecule has 0 amide bonds. The van der Waals surface area contributed by atoms with Crippen LogP contribution >= 0.6 is 0 Å². The van der Waals surface area contributed by atoms with Gasteiger partial charge in [0.1, 0.15) is 17.2 Å². The third kappa shape index (κ3) is 2.96. The van der Waals surface area contributed by atoms with E-state index >= 15 is 0 Å². The number of hydrogen-bond donors (Lipinski definition) is 2. The average Bonchev–Trinajstić information content (AvgIpc) is 2.56. The quantitative estimate of drug-likeness (QED) is 0.572. The van der Waals surface area contributed by atoms with E-state index in [9.17, 15) is 9.90 Å². The van der Waals surface area contributed by atoms with Crippen LogP contribution in [0.25, 0.3) is 11.1 Å². The molecule has 0 aliphatic heterocycles. The summed E-state index contributed by atoms with van der Waals surface area (Å²) in [6.45, 7) is 1.79. The van der Waals surface area contributed by atoms with Gasteiger partial charge >= 0.3 is 0 Å². The number of pyridine rings is 1. The van der Waals surface area contributed by atoms with Crippen LogP contribution in [0.2, 0.25) is 0 Å². The number of rotatable bonds is 3. The molecule has 3 aromatic rings. The van der Waals surface area contributed by atoms with Gasteiger partial charge in [-0.25, -0.2) is 0 Å². The Kier molecular flexibility index (Phi) is 4.00. The second-order valence-electron chi connectivity index (χ2n) is 5.65. The van der Waals surface area contributed by atoms with Crippen molar-refractivity contribution in [1.82, 2.24) is 4.57 Å². The topological polar surface area (TPSA) is 77.5 Å². The molecule has 1 heterocycles. The van der Waals surface area contributed by atoms with E-state index in [0.29, 0.717) is 17.1 Å². The van der Waals surface area contributed by atoms with Gasteiger partial charge in [-0.2, -0.15) is 0 Å². The van der Waals surface area contributed by atoms with Crippen LogP contribution in [0.5, 0.6) is 17.2 Å². The molecule has 5 nitrogen and oxygen atoms in total. The van der Waals surface area contributed by atoms with E-state index in [-0.39, 0.29) is 17.0 Å². The number of nitrogen functional groups attached to an aromatic ring is 1. The van der Waals surface area contributed by atoms with Crippen LogP contribution < -0.4 is 16.0 Å². The number of nitrogens with zero attached hydrogens (tertiary/aromatic N) is 1. The highest BCUT2D eigenvalue weighted by Crippen LogP contribution is 2.35. The van der Waals surface area contributed by atoms with Crippen molar-refractivity contribution in [3.63, 3.8) is 0 Å². The summed E-state index contributed by atoms with van der Waals surface area (Å²) in [5.74, 6) is 1.18. The second kappa shape index (κ2) is 6.12. The highest BCUT2D eigenvalue weighted by molar-refractivity contribution is 5.71. The predicted octanol–water partition coefficient (Wildman–Crippen LogP) is 3.44. The molecule has 3 N–H and O–H groups in total. The molecule has 0 aliphatic rings. The maximum atomic E-state index is 11.9. The largest absolute Gasteiger partial charge is 0.506 e. The minimum atomic E-state index is -0.0246. The van der Waals surface area contributed by atoms with E-state index in [4.69, 9.17) is 10.5 Å². The molecule has 0 saturated carbocycles. The molecule has 0 spiro atoms. The molecule has 0 saturated heterocycles. The zero-order chi connectivity index (χ0) is 17.3. The molecular weight excluding hydrogens is 304 g/mol. The molecule has 0 bridgehead atoms. The molecular formula is C19H18N2O3. The Morgan fingerprint density at radius 2 is 1.88 bits per heavy atom. The normalized spacial score (nSPS) is 10.6. The van der Waals surface area contributed by atoms with E-state index in [1.165, 1.54) is 6.07 Å². The molecule has 0 atom stereocenters. The fraction of sp³-hybridized carbons (Fsp3) is 0.105. The summed E-state index contributed by atoms with van der Waals surface area (Å²) < 4.78 is 7.49. The van der Waals surface area contributed by atoms with Gasteiger partial charge in [-0.3, -0.25) is 4.79 Å². The summed E-state index contributed by atoms with van der Waals surface area (Å²) >= 11 is 0. The number of benzene rings is 2. The molecule has 3 rings (SSSR count). The number of ether oxygens (including phenoxy) is 1. The molecule has 0 unspecified atom stereocenters. The number of nitrogens with two attached hydrogens (primary N) is 1. The summed E-state index contributed by atoms with van der Waals surface area (Å²) in [5.41, 5.74) is 8.36. The molecule has 1 aromatic heterocycles. The monoisotopic (exact) mass is 322 g/mol. The van der Waals surface area contributed by atoms with Gasteiger partial charge in [0.25, 0.3) is 5.56 Å². The Balaban J connectivity index is 2.05. The predicted molar refractivity (Wildman–Crippen MR) is 94.4 cm³/mol. The van der Waals surface area contributed by atoms with E-state index in [0.717, 1.165) is 11.1 Å². The Bertz CT molecular complexity index is 935. The number of aromatic nitrogens is 1. The van der Waals surface area contributed by atoms with Crippen molar-refractivity contribution in [2.75, 3.05) is 5.73 Å². The lowest BCUT2D eigenvalue weighted by atomic mass is 10.0. The van der Waals surface area contributed by atoms with Crippen molar-refractivity contribution in [1.29, 1.82) is 0 Å². The van der Waals surface area contributed by atoms with Gasteiger partial charge in [0.2, 0.25) is 0 Å². The van der Waals surface area contributed by atoms with Gasteiger partial charge in [0.15, 0.2) is 0 Å². The average molecular weight is 322 g/mol. The fourth-order valence-electron chi connectivity index (χ4n) is 2.54. The van der Waals surface area contributed by atoms with Crippen molar-refractivity contribution >= 4 is 5.69 Å². The molecule has 24 heavy (non-hydrogen) atoms. The van der Waals surface area contributed by atoms with Crippen molar-refractivity contribution in [2.24, 2.45) is 7.05 Å². The Morgan fingerprint density at radius 1 is 1.12 bits per heavy atom. The maximum absolute atomic E-state index is 11.9. The number of hydrogen-bond acceptors (Lipinski definition) is 4. The van der Waals surface area contributed by atoms with E-state index < -0.39 is 0 Å². The first-order chi connectivity index (χ1) is 11.5. The van der Waals surface area contributed by atoms with Crippen LogP contribution in [0.15, 0.2) is 59.5 Å². The number of para-hydroxylation sites is 1. The van der Waals surface area contributed by atoms with Crippen LogP contribution in [-0.2, 0) is 7.05 Å². The number of aryl methyl sites for hydroxylation is 2. The first-order valence-corrected chi connectivity index (χ1v) is 7.49. The molecule has 0 radical (unpaired) electrons. The number of phenolic OH excluding ortho intramolecular Hbond substituents is 1. The van der Waals surface area contributed by atoms with Crippen LogP contribution in [-0.4, -0.2) is 9.67 Å². The number of aromatic hydroxyl groups is 1.